The average Bonchev–Trinajstić information content (AvgIpc) is 3.00. The fourth-order valence-corrected chi connectivity index (χ4v) is 4.54. The van der Waals surface area contributed by atoms with Gasteiger partial charge in [-0.25, -0.2) is 4.98 Å². The maximum atomic E-state index is 13.1. The van der Waals surface area contributed by atoms with E-state index in [-0.39, 0.29) is 5.91 Å². The first-order valence-corrected chi connectivity index (χ1v) is 9.37. The summed E-state index contributed by atoms with van der Waals surface area (Å²) in [5.74, 6) is 1.19. The van der Waals surface area contributed by atoms with Crippen molar-refractivity contribution in [2.75, 3.05) is 40.0 Å². The van der Waals surface area contributed by atoms with Gasteiger partial charge in [-0.3, -0.25) is 9.69 Å². The van der Waals surface area contributed by atoms with E-state index in [4.69, 9.17) is 9.47 Å². The van der Waals surface area contributed by atoms with E-state index < -0.39 is 0 Å². The Labute approximate surface area is 149 Å². The van der Waals surface area contributed by atoms with Crippen molar-refractivity contribution in [2.45, 2.75) is 37.8 Å². The number of pyridine rings is 1. The molecular weight excluding hydrogens is 318 g/mol. The maximum absolute atomic E-state index is 13.1. The molecule has 4 aliphatic rings. The van der Waals surface area contributed by atoms with Gasteiger partial charge in [-0.05, 0) is 37.7 Å². The number of carbonyl (C=O) groups excluding carboxylic acids is 1. The lowest BCUT2D eigenvalue weighted by atomic mass is 9.94. The molecule has 0 spiro atoms. The summed E-state index contributed by atoms with van der Waals surface area (Å²) in [4.78, 5) is 21.9. The van der Waals surface area contributed by atoms with Gasteiger partial charge in [0.05, 0.1) is 7.11 Å². The smallest absolute Gasteiger partial charge is 0.254 e. The molecule has 5 heterocycles. The Kier molecular flexibility index (Phi) is 4.90. The summed E-state index contributed by atoms with van der Waals surface area (Å²) in [6, 6.07) is 4.47. The van der Waals surface area contributed by atoms with Crippen LogP contribution in [0.5, 0.6) is 5.88 Å². The van der Waals surface area contributed by atoms with Gasteiger partial charge in [-0.15, -0.1) is 0 Å². The predicted molar refractivity (Wildman–Crippen MR) is 93.8 cm³/mol. The largest absolute Gasteiger partial charge is 0.481 e. The SMILES string of the molecule is COc1cc(C(=O)N2C[C@H]3CC[C@@H]2CN(C2CCOCC2)C3)ccn1. The van der Waals surface area contributed by atoms with Crippen LogP contribution in [0.15, 0.2) is 18.3 Å². The summed E-state index contributed by atoms with van der Waals surface area (Å²) < 4.78 is 10.7. The number of hydrogen-bond acceptors (Lipinski definition) is 5. The number of methoxy groups -OCH3 is 1. The van der Waals surface area contributed by atoms with Crippen molar-refractivity contribution < 1.29 is 14.3 Å². The van der Waals surface area contributed by atoms with Crippen LogP contribution in [0, 0.1) is 5.92 Å². The molecular formula is C19H27N3O3. The van der Waals surface area contributed by atoms with Crippen LogP contribution in [0.3, 0.4) is 0 Å². The van der Waals surface area contributed by atoms with Crippen molar-refractivity contribution in [3.05, 3.63) is 23.9 Å². The molecule has 4 fully saturated rings. The summed E-state index contributed by atoms with van der Waals surface area (Å²) in [6.07, 6.45) is 6.23. The van der Waals surface area contributed by atoms with Crippen LogP contribution in [0.2, 0.25) is 0 Å². The van der Waals surface area contributed by atoms with Crippen molar-refractivity contribution >= 4 is 5.91 Å². The fraction of sp³-hybridized carbons (Fsp3) is 0.684. The molecule has 0 radical (unpaired) electrons. The molecule has 0 aliphatic carbocycles. The summed E-state index contributed by atoms with van der Waals surface area (Å²) in [6.45, 7) is 4.72. The molecule has 4 saturated heterocycles. The van der Waals surface area contributed by atoms with Gasteiger partial charge < -0.3 is 14.4 Å². The molecule has 136 valence electrons. The Morgan fingerprint density at radius 2 is 2.00 bits per heavy atom. The number of piperidine rings is 1. The molecule has 0 unspecified atom stereocenters. The highest BCUT2D eigenvalue weighted by Crippen LogP contribution is 2.31. The summed E-state index contributed by atoms with van der Waals surface area (Å²) in [7, 11) is 1.58. The summed E-state index contributed by atoms with van der Waals surface area (Å²) in [5, 5.41) is 0. The molecule has 25 heavy (non-hydrogen) atoms. The van der Waals surface area contributed by atoms with Gasteiger partial charge in [0.15, 0.2) is 0 Å². The van der Waals surface area contributed by atoms with Crippen LogP contribution in [-0.2, 0) is 4.74 Å². The first-order chi connectivity index (χ1) is 12.2. The van der Waals surface area contributed by atoms with Crippen molar-refractivity contribution in [3.8, 4) is 5.88 Å². The van der Waals surface area contributed by atoms with Gasteiger partial charge in [0.2, 0.25) is 5.88 Å². The summed E-state index contributed by atoms with van der Waals surface area (Å²) in [5.41, 5.74) is 0.678. The molecule has 6 nitrogen and oxygen atoms in total. The highest BCUT2D eigenvalue weighted by Gasteiger charge is 2.39. The lowest BCUT2D eigenvalue weighted by molar-refractivity contribution is 0.0304. The van der Waals surface area contributed by atoms with Crippen molar-refractivity contribution in [3.63, 3.8) is 0 Å². The molecule has 0 saturated carbocycles. The Balaban J connectivity index is 1.50. The number of fused-ring (bicyclic) bond motifs is 4. The minimum absolute atomic E-state index is 0.115. The van der Waals surface area contributed by atoms with Crippen LogP contribution in [0.25, 0.3) is 0 Å². The monoisotopic (exact) mass is 345 g/mol. The third-order valence-electron chi connectivity index (χ3n) is 5.90. The van der Waals surface area contributed by atoms with E-state index in [1.54, 1.807) is 25.4 Å². The number of carbonyl (C=O) groups is 1. The maximum Gasteiger partial charge on any atom is 0.254 e. The highest BCUT2D eigenvalue weighted by molar-refractivity contribution is 5.94. The van der Waals surface area contributed by atoms with Crippen LogP contribution in [0.1, 0.15) is 36.0 Å². The van der Waals surface area contributed by atoms with Crippen LogP contribution < -0.4 is 4.74 Å². The van der Waals surface area contributed by atoms with Gasteiger partial charge in [-0.1, -0.05) is 0 Å². The number of amides is 1. The summed E-state index contributed by atoms with van der Waals surface area (Å²) >= 11 is 0. The minimum atomic E-state index is 0.115. The number of ether oxygens (including phenoxy) is 2. The number of aromatic nitrogens is 1. The zero-order valence-corrected chi connectivity index (χ0v) is 14.9. The number of nitrogens with zero attached hydrogens (tertiary/aromatic N) is 3. The Hall–Kier alpha value is -1.66. The molecule has 6 heteroatoms. The van der Waals surface area contributed by atoms with Crippen molar-refractivity contribution in [1.82, 2.24) is 14.8 Å². The van der Waals surface area contributed by atoms with Gasteiger partial charge in [0, 0.05) is 62.8 Å². The third-order valence-corrected chi connectivity index (χ3v) is 5.90. The standard InChI is InChI=1S/C19H27N3O3/c1-24-18-10-15(4-7-20-18)19(23)22-12-14-2-3-17(22)13-21(11-14)16-5-8-25-9-6-16/h4,7,10,14,16-17H,2-3,5-6,8-9,11-13H2,1H3/t14-,17+/m0/s1. The van der Waals surface area contributed by atoms with Crippen LogP contribution >= 0.6 is 0 Å². The molecule has 5 rings (SSSR count). The molecule has 1 aromatic rings. The molecule has 0 N–H and O–H groups in total. The van der Waals surface area contributed by atoms with Crippen molar-refractivity contribution in [2.24, 2.45) is 5.92 Å². The van der Waals surface area contributed by atoms with E-state index in [9.17, 15) is 4.79 Å². The quantitative estimate of drug-likeness (QED) is 0.836. The first kappa shape index (κ1) is 16.8. The van der Waals surface area contributed by atoms with Crippen molar-refractivity contribution in [1.29, 1.82) is 0 Å². The van der Waals surface area contributed by atoms with E-state index in [0.717, 1.165) is 52.1 Å². The second-order valence-electron chi connectivity index (χ2n) is 7.44. The molecule has 2 bridgehead atoms. The lowest BCUT2D eigenvalue weighted by Gasteiger charge is -2.37. The molecule has 0 aromatic carbocycles. The Morgan fingerprint density at radius 3 is 2.80 bits per heavy atom. The predicted octanol–water partition coefficient (Wildman–Crippen LogP) is 1.81. The van der Waals surface area contributed by atoms with Crippen LogP contribution in [-0.4, -0.2) is 72.7 Å². The molecule has 4 aliphatic heterocycles. The van der Waals surface area contributed by atoms with E-state index in [1.165, 1.54) is 6.42 Å². The van der Waals surface area contributed by atoms with E-state index in [1.807, 2.05) is 0 Å². The minimum Gasteiger partial charge on any atom is -0.481 e. The van der Waals surface area contributed by atoms with E-state index in [0.29, 0.717) is 29.4 Å². The Morgan fingerprint density at radius 1 is 1.16 bits per heavy atom. The fourth-order valence-electron chi connectivity index (χ4n) is 4.54. The topological polar surface area (TPSA) is 54.9 Å². The normalized spacial score (nSPS) is 28.0. The number of hydrogen-bond donors (Lipinski definition) is 0. The van der Waals surface area contributed by atoms with Gasteiger partial charge >= 0.3 is 0 Å². The molecule has 1 amide bonds. The van der Waals surface area contributed by atoms with E-state index in [2.05, 4.69) is 14.8 Å². The lowest BCUT2D eigenvalue weighted by Crippen LogP contribution is -2.48. The zero-order valence-electron chi connectivity index (χ0n) is 14.9. The molecule has 1 aromatic heterocycles. The van der Waals surface area contributed by atoms with Crippen LogP contribution in [0.4, 0.5) is 0 Å². The van der Waals surface area contributed by atoms with E-state index >= 15 is 0 Å². The van der Waals surface area contributed by atoms with Gasteiger partial charge in [-0.2, -0.15) is 0 Å². The first-order valence-electron chi connectivity index (χ1n) is 9.37. The van der Waals surface area contributed by atoms with Gasteiger partial charge in [0.25, 0.3) is 5.91 Å². The Bertz CT molecular complexity index is 618. The second kappa shape index (κ2) is 7.30. The second-order valence-corrected chi connectivity index (χ2v) is 7.44. The third kappa shape index (κ3) is 3.51. The highest BCUT2D eigenvalue weighted by atomic mass is 16.5. The zero-order chi connectivity index (χ0) is 17.2. The van der Waals surface area contributed by atoms with Gasteiger partial charge in [0.1, 0.15) is 0 Å². The molecule has 2 atom stereocenters. The average molecular weight is 345 g/mol. The number of rotatable bonds is 3.